The van der Waals surface area contributed by atoms with E-state index in [1.54, 1.807) is 7.11 Å². The maximum absolute atomic E-state index is 10.1. The molecule has 2 unspecified atom stereocenters. The second kappa shape index (κ2) is 6.03. The number of nitrogens with one attached hydrogen (secondary N) is 1. The van der Waals surface area contributed by atoms with Crippen LogP contribution in [-0.2, 0) is 0 Å². The van der Waals surface area contributed by atoms with Crippen LogP contribution < -0.4 is 20.9 Å². The molecular formula is C12H21N5O2. The lowest BCUT2D eigenvalue weighted by atomic mass is 9.91. The highest BCUT2D eigenvalue weighted by Gasteiger charge is 2.29. The largest absolute Gasteiger partial charge is 0.490 e. The summed E-state index contributed by atoms with van der Waals surface area (Å²) in [5.41, 5.74) is 2.49. The molecule has 0 amide bonds. The summed E-state index contributed by atoms with van der Waals surface area (Å²) < 4.78 is 5.32. The van der Waals surface area contributed by atoms with Gasteiger partial charge in [0.05, 0.1) is 19.3 Å². The summed E-state index contributed by atoms with van der Waals surface area (Å²) in [4.78, 5) is 10.2. The number of ether oxygens (including phenoxy) is 1. The Morgan fingerprint density at radius 2 is 2.16 bits per heavy atom. The average molecular weight is 267 g/mol. The van der Waals surface area contributed by atoms with Crippen molar-refractivity contribution in [2.24, 2.45) is 5.84 Å². The molecule has 1 aliphatic carbocycles. The highest BCUT2D eigenvalue weighted by Crippen LogP contribution is 2.34. The number of hydrogen-bond acceptors (Lipinski definition) is 7. The first-order chi connectivity index (χ1) is 9.19. The summed E-state index contributed by atoms with van der Waals surface area (Å²) in [5.74, 6) is 6.97. The first-order valence-electron chi connectivity index (χ1n) is 6.45. The minimum Gasteiger partial charge on any atom is -0.490 e. The van der Waals surface area contributed by atoms with E-state index in [0.717, 1.165) is 25.7 Å². The highest BCUT2D eigenvalue weighted by molar-refractivity contribution is 5.64. The molecule has 1 heterocycles. The highest BCUT2D eigenvalue weighted by atomic mass is 16.5. The van der Waals surface area contributed by atoms with Crippen LogP contribution in [0.15, 0.2) is 6.33 Å². The molecule has 1 saturated carbocycles. The number of nitrogens with zero attached hydrogens (tertiary/aromatic N) is 3. The van der Waals surface area contributed by atoms with Crippen molar-refractivity contribution >= 4 is 11.6 Å². The fourth-order valence-corrected chi connectivity index (χ4v) is 2.61. The topological polar surface area (TPSA) is 96.5 Å². The molecule has 106 valence electrons. The van der Waals surface area contributed by atoms with Crippen LogP contribution in [0.4, 0.5) is 11.6 Å². The van der Waals surface area contributed by atoms with Gasteiger partial charge in [0.15, 0.2) is 11.6 Å². The molecule has 1 fully saturated rings. The zero-order valence-electron chi connectivity index (χ0n) is 11.3. The molecule has 19 heavy (non-hydrogen) atoms. The van der Waals surface area contributed by atoms with Crippen molar-refractivity contribution in [1.82, 2.24) is 9.97 Å². The number of nitrogens with two attached hydrogens (primary N) is 1. The van der Waals surface area contributed by atoms with Gasteiger partial charge in [-0.2, -0.15) is 0 Å². The van der Waals surface area contributed by atoms with Gasteiger partial charge in [-0.25, -0.2) is 15.8 Å². The van der Waals surface area contributed by atoms with Crippen LogP contribution >= 0.6 is 0 Å². The third kappa shape index (κ3) is 2.71. The number of hydrogen-bond donors (Lipinski definition) is 3. The van der Waals surface area contributed by atoms with Crippen LogP contribution in [0.3, 0.4) is 0 Å². The summed E-state index contributed by atoms with van der Waals surface area (Å²) in [6.45, 7) is 0. The Kier molecular flexibility index (Phi) is 4.39. The Labute approximate surface area is 112 Å². The molecule has 1 aliphatic rings. The minimum absolute atomic E-state index is 0.0446. The van der Waals surface area contributed by atoms with E-state index in [4.69, 9.17) is 10.6 Å². The predicted octanol–water partition coefficient (Wildman–Crippen LogP) is 0.510. The van der Waals surface area contributed by atoms with Crippen LogP contribution in [0.1, 0.15) is 25.7 Å². The second-order valence-corrected chi connectivity index (χ2v) is 4.75. The minimum atomic E-state index is -0.340. The van der Waals surface area contributed by atoms with Crippen molar-refractivity contribution in [3.63, 3.8) is 0 Å². The molecule has 0 aliphatic heterocycles. The predicted molar refractivity (Wildman–Crippen MR) is 73.1 cm³/mol. The number of anilines is 2. The van der Waals surface area contributed by atoms with E-state index in [0.29, 0.717) is 17.4 Å². The molecular weight excluding hydrogens is 246 g/mol. The number of aliphatic hydroxyl groups is 1. The van der Waals surface area contributed by atoms with Gasteiger partial charge >= 0.3 is 0 Å². The lowest BCUT2D eigenvalue weighted by Crippen LogP contribution is -2.44. The van der Waals surface area contributed by atoms with Crippen LogP contribution in [-0.4, -0.2) is 41.4 Å². The molecule has 7 heteroatoms. The number of aromatic nitrogens is 2. The van der Waals surface area contributed by atoms with Crippen molar-refractivity contribution in [3.05, 3.63) is 6.33 Å². The van der Waals surface area contributed by atoms with Gasteiger partial charge in [-0.3, -0.25) is 0 Å². The summed E-state index contributed by atoms with van der Waals surface area (Å²) >= 11 is 0. The number of rotatable bonds is 4. The van der Waals surface area contributed by atoms with Gasteiger partial charge in [0, 0.05) is 7.05 Å². The summed E-state index contributed by atoms with van der Waals surface area (Å²) in [6, 6.07) is 0.0446. The van der Waals surface area contributed by atoms with Gasteiger partial charge in [-0.05, 0) is 12.8 Å². The van der Waals surface area contributed by atoms with Crippen molar-refractivity contribution in [2.45, 2.75) is 37.8 Å². The van der Waals surface area contributed by atoms with Gasteiger partial charge in [0.1, 0.15) is 6.33 Å². The summed E-state index contributed by atoms with van der Waals surface area (Å²) in [5, 5.41) is 10.1. The zero-order chi connectivity index (χ0) is 13.8. The Hall–Kier alpha value is -1.60. The van der Waals surface area contributed by atoms with E-state index in [1.807, 2.05) is 11.9 Å². The van der Waals surface area contributed by atoms with Gasteiger partial charge in [-0.15, -0.1) is 0 Å². The number of methoxy groups -OCH3 is 1. The summed E-state index contributed by atoms with van der Waals surface area (Å²) in [6.07, 6.45) is 5.04. The SMILES string of the molecule is COc1c(NN)ncnc1N(C)C1CCCCC1O. The number of likely N-dealkylation sites (N-methyl/N-ethyl adjacent to an activating group) is 1. The quantitative estimate of drug-likeness (QED) is 0.540. The molecule has 0 spiro atoms. The number of aliphatic hydroxyl groups excluding tert-OH is 1. The van der Waals surface area contributed by atoms with Gasteiger partial charge < -0.3 is 20.2 Å². The molecule has 2 rings (SSSR count). The normalized spacial score (nSPS) is 22.9. The van der Waals surface area contributed by atoms with E-state index in [1.165, 1.54) is 6.33 Å². The van der Waals surface area contributed by atoms with Crippen molar-refractivity contribution in [1.29, 1.82) is 0 Å². The zero-order valence-corrected chi connectivity index (χ0v) is 11.3. The van der Waals surface area contributed by atoms with Gasteiger partial charge in [0.2, 0.25) is 5.75 Å². The Morgan fingerprint density at radius 3 is 2.79 bits per heavy atom. The van der Waals surface area contributed by atoms with E-state index < -0.39 is 0 Å². The van der Waals surface area contributed by atoms with Crippen LogP contribution in [0.2, 0.25) is 0 Å². The van der Waals surface area contributed by atoms with E-state index in [9.17, 15) is 5.11 Å². The lowest BCUT2D eigenvalue weighted by molar-refractivity contribution is 0.105. The first-order valence-corrected chi connectivity index (χ1v) is 6.45. The fraction of sp³-hybridized carbons (Fsp3) is 0.667. The molecule has 1 aromatic rings. The van der Waals surface area contributed by atoms with E-state index in [2.05, 4.69) is 15.4 Å². The molecule has 0 aromatic carbocycles. The van der Waals surface area contributed by atoms with E-state index in [-0.39, 0.29) is 12.1 Å². The molecule has 4 N–H and O–H groups in total. The number of nitrogen functional groups attached to an aromatic ring is 1. The summed E-state index contributed by atoms with van der Waals surface area (Å²) in [7, 11) is 3.46. The van der Waals surface area contributed by atoms with Gasteiger partial charge in [0.25, 0.3) is 0 Å². The molecule has 7 nitrogen and oxygen atoms in total. The first kappa shape index (κ1) is 13.8. The Balaban J connectivity index is 2.29. The average Bonchev–Trinajstić information content (AvgIpc) is 2.46. The second-order valence-electron chi connectivity index (χ2n) is 4.75. The standard InChI is InChI=1S/C12H21N5O2/c1-17(8-5-3-4-6-9(8)18)12-10(19-2)11(16-13)14-7-15-12/h7-9,18H,3-6,13H2,1-2H3,(H,14,15,16). The maximum Gasteiger partial charge on any atom is 0.205 e. The Bertz CT molecular complexity index is 429. The fourth-order valence-electron chi connectivity index (χ4n) is 2.61. The molecule has 0 saturated heterocycles. The smallest absolute Gasteiger partial charge is 0.205 e. The molecule has 0 radical (unpaired) electrons. The van der Waals surface area contributed by atoms with E-state index >= 15 is 0 Å². The maximum atomic E-state index is 10.1. The van der Waals surface area contributed by atoms with Crippen LogP contribution in [0, 0.1) is 0 Å². The van der Waals surface area contributed by atoms with Crippen LogP contribution in [0.25, 0.3) is 0 Å². The lowest BCUT2D eigenvalue weighted by Gasteiger charge is -2.36. The van der Waals surface area contributed by atoms with Crippen molar-refractivity contribution in [2.75, 3.05) is 24.5 Å². The van der Waals surface area contributed by atoms with Crippen molar-refractivity contribution < 1.29 is 9.84 Å². The Morgan fingerprint density at radius 1 is 1.42 bits per heavy atom. The molecule has 2 atom stereocenters. The van der Waals surface area contributed by atoms with Crippen molar-refractivity contribution in [3.8, 4) is 5.75 Å². The monoisotopic (exact) mass is 267 g/mol. The third-order valence-electron chi connectivity index (χ3n) is 3.65. The third-order valence-corrected chi connectivity index (χ3v) is 3.65. The van der Waals surface area contributed by atoms with Crippen LogP contribution in [0.5, 0.6) is 5.75 Å². The number of hydrazine groups is 1. The van der Waals surface area contributed by atoms with Gasteiger partial charge in [-0.1, -0.05) is 12.8 Å². The molecule has 0 bridgehead atoms. The molecule has 1 aromatic heterocycles.